The van der Waals surface area contributed by atoms with Gasteiger partial charge in [-0.2, -0.15) is 0 Å². The quantitative estimate of drug-likeness (QED) is 0.508. The first-order chi connectivity index (χ1) is 15.3. The highest BCUT2D eigenvalue weighted by molar-refractivity contribution is 5.95. The molecule has 0 amide bonds. The van der Waals surface area contributed by atoms with Crippen molar-refractivity contribution in [1.29, 1.82) is 0 Å². The lowest BCUT2D eigenvalue weighted by Crippen LogP contribution is -2.01. The second-order valence-corrected chi connectivity index (χ2v) is 6.00. The van der Waals surface area contributed by atoms with Gasteiger partial charge in [-0.1, -0.05) is 36.3 Å². The van der Waals surface area contributed by atoms with Crippen LogP contribution in [0.3, 0.4) is 0 Å². The van der Waals surface area contributed by atoms with Crippen LogP contribution < -0.4 is 0 Å². The van der Waals surface area contributed by atoms with Gasteiger partial charge in [-0.25, -0.2) is 4.98 Å². The van der Waals surface area contributed by atoms with E-state index in [1.54, 1.807) is 24.9 Å². The number of nitrogens with zero attached hydrogens (tertiary/aromatic N) is 4. The normalized spacial score (nSPS) is 13.9. The van der Waals surface area contributed by atoms with Gasteiger partial charge < -0.3 is 4.57 Å². The molecular weight excluding hydrogens is 336 g/mol. The number of allylic oxidation sites excluding steroid dienone is 1. The van der Waals surface area contributed by atoms with Crippen molar-refractivity contribution in [1.82, 2.24) is 19.5 Å². The number of ketones is 1. The summed E-state index contributed by atoms with van der Waals surface area (Å²) in [5.74, 6) is -0.301. The second kappa shape index (κ2) is 7.33. The van der Waals surface area contributed by atoms with Gasteiger partial charge >= 0.3 is 0 Å². The lowest BCUT2D eigenvalue weighted by Gasteiger charge is -2.05. The fourth-order valence-electron chi connectivity index (χ4n) is 2.68. The van der Waals surface area contributed by atoms with Crippen LogP contribution in [0.25, 0.3) is 28.2 Å². The third-order valence-electron chi connectivity index (χ3n) is 4.05. The molecule has 0 spiro atoms. The van der Waals surface area contributed by atoms with Crippen LogP contribution in [0.15, 0.2) is 73.3 Å². The van der Waals surface area contributed by atoms with Crippen LogP contribution in [-0.4, -0.2) is 25.3 Å². The number of fused-ring (bicyclic) bond motifs is 1. The van der Waals surface area contributed by atoms with Crippen molar-refractivity contribution in [3.8, 4) is 11.4 Å². The number of pyridine rings is 2. The summed E-state index contributed by atoms with van der Waals surface area (Å²) in [4.78, 5) is 25.3. The zero-order chi connectivity index (χ0) is 23.0. The molecule has 0 aliphatic carbocycles. The Balaban J connectivity index is 1.58. The molecule has 1 aromatic carbocycles. The average molecular weight is 359 g/mol. The molecule has 0 saturated heterocycles. The molecular formula is C22H18N4O. The molecule has 132 valence electrons. The zero-order valence-corrected chi connectivity index (χ0v) is 14.5. The number of aryl methyl sites for hydroxylation is 1. The smallest absolute Gasteiger partial charge is 0.161 e. The van der Waals surface area contributed by atoms with E-state index in [9.17, 15) is 4.79 Å². The van der Waals surface area contributed by atoms with Crippen LogP contribution in [0.2, 0.25) is 0 Å². The number of carbonyl (C=O) groups is 1. The van der Waals surface area contributed by atoms with Crippen LogP contribution >= 0.6 is 0 Å². The SMILES string of the molecule is [2H]c1c([2H])c([2H])c(/C=C/C(=O)Cc2cc3cc(-c4cncn4C)ncc3cn2)c([2H])c1[2H]. The van der Waals surface area contributed by atoms with E-state index in [0.717, 1.165) is 22.2 Å². The molecule has 4 aromatic rings. The van der Waals surface area contributed by atoms with Gasteiger partial charge in [0.2, 0.25) is 0 Å². The van der Waals surface area contributed by atoms with Gasteiger partial charge in [0.15, 0.2) is 5.78 Å². The molecule has 0 atom stereocenters. The Labute approximate surface area is 164 Å². The average Bonchev–Trinajstić information content (AvgIpc) is 3.21. The first kappa shape index (κ1) is 11.9. The molecule has 5 heteroatoms. The highest BCUT2D eigenvalue weighted by Crippen LogP contribution is 2.21. The number of carbonyl (C=O) groups excluding carboxylic acids is 1. The standard InChI is InChI=1S/C22H18N4O/c1-26-15-23-14-22(26)21-10-17-9-19(24-12-18(17)13-25-21)11-20(27)8-7-16-5-3-2-4-6-16/h2-10,12-15H,11H2,1H3/b8-7+/i2D,3D,4D,5D,6D. The van der Waals surface area contributed by atoms with Gasteiger partial charge in [0.1, 0.15) is 0 Å². The Kier molecular flexibility index (Phi) is 3.23. The molecule has 0 saturated carbocycles. The van der Waals surface area contributed by atoms with E-state index >= 15 is 0 Å². The van der Waals surface area contributed by atoms with Crippen LogP contribution in [0.5, 0.6) is 0 Å². The minimum atomic E-state index is -0.469. The Bertz CT molecular complexity index is 1370. The summed E-state index contributed by atoms with van der Waals surface area (Å²) in [5, 5.41) is 1.71. The van der Waals surface area contributed by atoms with E-state index < -0.39 is 18.1 Å². The van der Waals surface area contributed by atoms with Gasteiger partial charge in [-0.15, -0.1) is 0 Å². The van der Waals surface area contributed by atoms with Crippen LogP contribution in [0, 0.1) is 0 Å². The molecule has 27 heavy (non-hydrogen) atoms. The molecule has 0 unspecified atom stereocenters. The van der Waals surface area contributed by atoms with E-state index in [-0.39, 0.29) is 29.9 Å². The van der Waals surface area contributed by atoms with Crippen molar-refractivity contribution in [3.63, 3.8) is 0 Å². The predicted molar refractivity (Wildman–Crippen MR) is 106 cm³/mol. The number of hydrogen-bond acceptors (Lipinski definition) is 4. The summed E-state index contributed by atoms with van der Waals surface area (Å²) >= 11 is 0. The van der Waals surface area contributed by atoms with Gasteiger partial charge in [0.25, 0.3) is 0 Å². The summed E-state index contributed by atoms with van der Waals surface area (Å²) in [6.07, 6.45) is 9.27. The molecule has 0 N–H and O–H groups in total. The minimum Gasteiger partial charge on any atom is -0.332 e. The van der Waals surface area contributed by atoms with Crippen molar-refractivity contribution < 1.29 is 11.6 Å². The summed E-state index contributed by atoms with van der Waals surface area (Å²) < 4.78 is 40.8. The van der Waals surface area contributed by atoms with Crippen molar-refractivity contribution in [2.24, 2.45) is 7.05 Å². The second-order valence-electron chi connectivity index (χ2n) is 6.00. The molecule has 5 nitrogen and oxygen atoms in total. The molecule has 0 radical (unpaired) electrons. The van der Waals surface area contributed by atoms with E-state index in [4.69, 9.17) is 6.85 Å². The van der Waals surface area contributed by atoms with Crippen molar-refractivity contribution in [3.05, 3.63) is 84.6 Å². The zero-order valence-electron chi connectivity index (χ0n) is 19.5. The largest absolute Gasteiger partial charge is 0.332 e. The first-order valence-electron chi connectivity index (χ1n) is 10.8. The number of aromatic nitrogens is 4. The summed E-state index contributed by atoms with van der Waals surface area (Å²) in [7, 11) is 1.88. The van der Waals surface area contributed by atoms with E-state index in [2.05, 4.69) is 15.0 Å². The number of rotatable bonds is 5. The number of imidazole rings is 1. The maximum atomic E-state index is 12.5. The van der Waals surface area contributed by atoms with Crippen LogP contribution in [0.4, 0.5) is 0 Å². The Morgan fingerprint density at radius 1 is 1.11 bits per heavy atom. The third-order valence-corrected chi connectivity index (χ3v) is 4.05. The molecule has 4 rings (SSSR count). The van der Waals surface area contributed by atoms with E-state index in [1.807, 2.05) is 23.7 Å². The highest BCUT2D eigenvalue weighted by Gasteiger charge is 2.07. The molecule has 0 fully saturated rings. The summed E-state index contributed by atoms with van der Waals surface area (Å²) in [6.45, 7) is 0. The monoisotopic (exact) mass is 359 g/mol. The summed E-state index contributed by atoms with van der Waals surface area (Å²) in [6, 6.07) is 1.68. The van der Waals surface area contributed by atoms with Gasteiger partial charge in [0.05, 0.1) is 37.2 Å². The maximum absolute atomic E-state index is 12.5. The maximum Gasteiger partial charge on any atom is 0.161 e. The van der Waals surface area contributed by atoms with E-state index in [1.165, 1.54) is 12.2 Å². The first-order valence-corrected chi connectivity index (χ1v) is 8.25. The number of benzene rings is 1. The van der Waals surface area contributed by atoms with Gasteiger partial charge in [-0.3, -0.25) is 14.8 Å². The fourth-order valence-corrected chi connectivity index (χ4v) is 2.68. The van der Waals surface area contributed by atoms with Crippen LogP contribution in [0.1, 0.15) is 18.1 Å². The minimum absolute atomic E-state index is 0.00840. The van der Waals surface area contributed by atoms with Crippen molar-refractivity contribution in [2.45, 2.75) is 6.42 Å². The predicted octanol–water partition coefficient (Wildman–Crippen LogP) is 3.86. The highest BCUT2D eigenvalue weighted by atomic mass is 16.1. The topological polar surface area (TPSA) is 60.7 Å². The van der Waals surface area contributed by atoms with Crippen molar-refractivity contribution in [2.75, 3.05) is 0 Å². The molecule has 3 heterocycles. The fraction of sp³-hybridized carbons (Fsp3) is 0.0909. The van der Waals surface area contributed by atoms with Crippen LogP contribution in [-0.2, 0) is 18.3 Å². The molecule has 0 aliphatic heterocycles. The molecule has 0 bridgehead atoms. The number of hydrogen-bond donors (Lipinski definition) is 0. The Hall–Kier alpha value is -3.60. The lowest BCUT2D eigenvalue weighted by molar-refractivity contribution is -0.114. The van der Waals surface area contributed by atoms with Gasteiger partial charge in [0, 0.05) is 30.5 Å². The van der Waals surface area contributed by atoms with Crippen molar-refractivity contribution >= 4 is 22.6 Å². The Morgan fingerprint density at radius 3 is 2.70 bits per heavy atom. The third kappa shape index (κ3) is 3.82. The Morgan fingerprint density at radius 2 is 1.93 bits per heavy atom. The molecule has 0 aliphatic rings. The lowest BCUT2D eigenvalue weighted by atomic mass is 10.1. The molecule has 3 aromatic heterocycles. The van der Waals surface area contributed by atoms with Gasteiger partial charge in [-0.05, 0) is 29.2 Å². The summed E-state index contributed by atoms with van der Waals surface area (Å²) in [5.41, 5.74) is 2.14. The van der Waals surface area contributed by atoms with E-state index in [0.29, 0.717) is 5.69 Å².